The van der Waals surface area contributed by atoms with Crippen LogP contribution in [-0.2, 0) is 4.79 Å². The number of carbonyl (C=O) groups is 1. The van der Waals surface area contributed by atoms with E-state index in [4.69, 9.17) is 21.4 Å². The number of amidine groups is 2. The van der Waals surface area contributed by atoms with Crippen molar-refractivity contribution in [2.45, 2.75) is 13.8 Å². The largest absolute Gasteiger partial charge is 0.457 e. The number of hydrogen-bond donors (Lipinski definition) is 1. The predicted molar refractivity (Wildman–Crippen MR) is 109 cm³/mol. The molecule has 2 aliphatic heterocycles. The van der Waals surface area contributed by atoms with Crippen molar-refractivity contribution in [3.63, 3.8) is 0 Å². The van der Waals surface area contributed by atoms with Crippen LogP contribution in [0.5, 0.6) is 0 Å². The Morgan fingerprint density at radius 1 is 1.30 bits per heavy atom. The van der Waals surface area contributed by atoms with Crippen LogP contribution in [0.2, 0.25) is 5.02 Å². The van der Waals surface area contributed by atoms with Crippen molar-refractivity contribution in [3.8, 4) is 11.3 Å². The van der Waals surface area contributed by atoms with E-state index in [0.29, 0.717) is 21.7 Å². The number of aliphatic imine (C=N–C) groups is 1. The first kappa shape index (κ1) is 17.8. The normalized spacial score (nSPS) is 18.2. The third-order valence-electron chi connectivity index (χ3n) is 3.99. The van der Waals surface area contributed by atoms with Gasteiger partial charge in [0.15, 0.2) is 5.84 Å². The third-order valence-corrected chi connectivity index (χ3v) is 5.43. The summed E-state index contributed by atoms with van der Waals surface area (Å²) >= 11 is 7.34. The van der Waals surface area contributed by atoms with E-state index in [9.17, 15) is 4.79 Å². The van der Waals surface area contributed by atoms with Crippen LogP contribution in [0, 0.1) is 11.3 Å². The Morgan fingerprint density at radius 3 is 2.85 bits per heavy atom. The Kier molecular flexibility index (Phi) is 4.49. The van der Waals surface area contributed by atoms with E-state index in [1.807, 2.05) is 26.0 Å². The standard InChI is InChI=1S/C19H15ClN4O2S/c1-10(2)18-23-24-16(21)14(17(25)22-19(24)27-18)9-13-6-7-15(26-13)11-4-3-5-12(20)8-11/h3-10,21H,1-2H3. The molecule has 0 unspecified atom stereocenters. The molecule has 8 heteroatoms. The number of nitrogens with one attached hydrogen (secondary N) is 1. The van der Waals surface area contributed by atoms with E-state index in [-0.39, 0.29) is 17.3 Å². The minimum Gasteiger partial charge on any atom is -0.457 e. The highest BCUT2D eigenvalue weighted by Gasteiger charge is 2.36. The number of benzene rings is 1. The van der Waals surface area contributed by atoms with Crippen molar-refractivity contribution in [1.82, 2.24) is 5.01 Å². The van der Waals surface area contributed by atoms with Crippen molar-refractivity contribution >= 4 is 51.4 Å². The molecule has 2 aromatic rings. The van der Waals surface area contributed by atoms with Crippen molar-refractivity contribution in [1.29, 1.82) is 5.41 Å². The molecule has 1 aromatic heterocycles. The Balaban J connectivity index is 1.65. The van der Waals surface area contributed by atoms with E-state index in [1.54, 1.807) is 24.3 Å². The quantitative estimate of drug-likeness (QED) is 0.747. The van der Waals surface area contributed by atoms with Gasteiger partial charge in [0, 0.05) is 16.5 Å². The van der Waals surface area contributed by atoms with Crippen molar-refractivity contribution < 1.29 is 9.21 Å². The van der Waals surface area contributed by atoms with Gasteiger partial charge in [-0.25, -0.2) is 0 Å². The molecule has 0 spiro atoms. The molecule has 0 fully saturated rings. The van der Waals surface area contributed by atoms with Gasteiger partial charge in [-0.3, -0.25) is 10.2 Å². The molecule has 1 N–H and O–H groups in total. The number of rotatable bonds is 3. The molecule has 4 rings (SSSR count). The average Bonchev–Trinajstić information content (AvgIpc) is 3.26. The summed E-state index contributed by atoms with van der Waals surface area (Å²) in [5.41, 5.74) is 0.972. The van der Waals surface area contributed by atoms with Crippen LogP contribution in [0.3, 0.4) is 0 Å². The zero-order valence-electron chi connectivity index (χ0n) is 14.6. The topological polar surface area (TPSA) is 82.0 Å². The van der Waals surface area contributed by atoms with Crippen LogP contribution in [0.25, 0.3) is 17.4 Å². The van der Waals surface area contributed by atoms with Gasteiger partial charge < -0.3 is 4.42 Å². The van der Waals surface area contributed by atoms with E-state index in [0.717, 1.165) is 10.6 Å². The van der Waals surface area contributed by atoms with Gasteiger partial charge in [0.25, 0.3) is 5.91 Å². The second-order valence-electron chi connectivity index (χ2n) is 6.33. The first-order chi connectivity index (χ1) is 12.9. The average molecular weight is 399 g/mol. The molecule has 6 nitrogen and oxygen atoms in total. The van der Waals surface area contributed by atoms with Gasteiger partial charge in [0.1, 0.15) is 16.6 Å². The molecule has 136 valence electrons. The molecule has 0 aliphatic carbocycles. The van der Waals surface area contributed by atoms with E-state index in [2.05, 4.69) is 10.1 Å². The fraction of sp³-hybridized carbons (Fsp3) is 0.158. The molecule has 1 amide bonds. The molecular weight excluding hydrogens is 384 g/mol. The summed E-state index contributed by atoms with van der Waals surface area (Å²) in [5, 5.41) is 16.0. The van der Waals surface area contributed by atoms with Crippen LogP contribution in [-0.4, -0.2) is 27.0 Å². The van der Waals surface area contributed by atoms with Gasteiger partial charge in [-0.1, -0.05) is 37.6 Å². The molecule has 0 saturated carbocycles. The van der Waals surface area contributed by atoms with E-state index < -0.39 is 5.91 Å². The summed E-state index contributed by atoms with van der Waals surface area (Å²) in [6.07, 6.45) is 1.52. The van der Waals surface area contributed by atoms with Crippen LogP contribution in [0.15, 0.2) is 56.5 Å². The highest BCUT2D eigenvalue weighted by molar-refractivity contribution is 8.27. The number of furan rings is 1. The number of halogens is 1. The first-order valence-electron chi connectivity index (χ1n) is 8.28. The Morgan fingerprint density at radius 2 is 2.11 bits per heavy atom. The van der Waals surface area contributed by atoms with Gasteiger partial charge in [0.05, 0.1) is 5.57 Å². The number of fused-ring (bicyclic) bond motifs is 1. The number of nitrogens with zero attached hydrogens (tertiary/aromatic N) is 3. The van der Waals surface area contributed by atoms with Gasteiger partial charge >= 0.3 is 0 Å². The minimum absolute atomic E-state index is 0.00569. The van der Waals surface area contributed by atoms with E-state index >= 15 is 0 Å². The molecule has 0 atom stereocenters. The minimum atomic E-state index is -0.473. The molecule has 27 heavy (non-hydrogen) atoms. The molecule has 0 saturated heterocycles. The molecular formula is C19H15ClN4O2S. The Bertz CT molecular complexity index is 1050. The maximum Gasteiger partial charge on any atom is 0.283 e. The summed E-state index contributed by atoms with van der Waals surface area (Å²) in [5.74, 6) is 0.800. The summed E-state index contributed by atoms with van der Waals surface area (Å²) in [7, 11) is 0. The summed E-state index contributed by atoms with van der Waals surface area (Å²) < 4.78 is 5.80. The van der Waals surface area contributed by atoms with Gasteiger partial charge in [0.2, 0.25) is 5.17 Å². The SMILES string of the molecule is CC(C)C1=NN2C(=N)C(=Cc3ccc(-c4cccc(Cl)c4)o3)C(=O)N=C2S1. The number of hydrazone groups is 1. The van der Waals surface area contributed by atoms with Crippen molar-refractivity contribution in [2.24, 2.45) is 16.0 Å². The number of hydrogen-bond acceptors (Lipinski definition) is 5. The number of thioether (sulfide) groups is 1. The lowest BCUT2D eigenvalue weighted by Gasteiger charge is -2.19. The van der Waals surface area contributed by atoms with Crippen molar-refractivity contribution in [2.75, 3.05) is 0 Å². The maximum absolute atomic E-state index is 12.4. The lowest BCUT2D eigenvalue weighted by molar-refractivity contribution is -0.114. The zero-order valence-corrected chi connectivity index (χ0v) is 16.1. The summed E-state index contributed by atoms with van der Waals surface area (Å²) in [4.78, 5) is 16.5. The fourth-order valence-electron chi connectivity index (χ4n) is 2.61. The van der Waals surface area contributed by atoms with Gasteiger partial charge in [-0.15, -0.1) is 0 Å². The highest BCUT2D eigenvalue weighted by atomic mass is 35.5. The Labute approximate surface area is 165 Å². The van der Waals surface area contributed by atoms with E-state index in [1.165, 1.54) is 22.8 Å². The third kappa shape index (κ3) is 3.36. The molecule has 0 radical (unpaired) electrons. The predicted octanol–water partition coefficient (Wildman–Crippen LogP) is 4.88. The van der Waals surface area contributed by atoms with Crippen LogP contribution in [0.4, 0.5) is 0 Å². The summed E-state index contributed by atoms with van der Waals surface area (Å²) in [6.45, 7) is 4.01. The number of amides is 1. The first-order valence-corrected chi connectivity index (χ1v) is 9.47. The molecule has 2 aliphatic rings. The van der Waals surface area contributed by atoms with Gasteiger partial charge in [-0.05, 0) is 42.1 Å². The monoisotopic (exact) mass is 398 g/mol. The van der Waals surface area contributed by atoms with Crippen LogP contribution < -0.4 is 0 Å². The fourth-order valence-corrected chi connectivity index (χ4v) is 3.69. The van der Waals surface area contributed by atoms with Crippen LogP contribution in [0.1, 0.15) is 19.6 Å². The molecule has 0 bridgehead atoms. The molecule has 3 heterocycles. The smallest absolute Gasteiger partial charge is 0.283 e. The van der Waals surface area contributed by atoms with Crippen molar-refractivity contribution in [3.05, 3.63) is 52.8 Å². The second-order valence-corrected chi connectivity index (χ2v) is 7.75. The maximum atomic E-state index is 12.4. The lowest BCUT2D eigenvalue weighted by Crippen LogP contribution is -2.35. The lowest BCUT2D eigenvalue weighted by atomic mass is 10.1. The zero-order chi connectivity index (χ0) is 19.1. The summed E-state index contributed by atoms with van der Waals surface area (Å²) in [6, 6.07) is 10.8. The number of carbonyl (C=O) groups excluding carboxylic acids is 1. The van der Waals surface area contributed by atoms with Gasteiger partial charge in [-0.2, -0.15) is 15.1 Å². The highest BCUT2D eigenvalue weighted by Crippen LogP contribution is 2.31. The molecule has 1 aromatic carbocycles. The second kappa shape index (κ2) is 6.83. The Hall–Kier alpha value is -2.64. The van der Waals surface area contributed by atoms with Crippen LogP contribution >= 0.6 is 23.4 Å².